The van der Waals surface area contributed by atoms with Crippen LogP contribution < -0.4 is 16.8 Å². The van der Waals surface area contributed by atoms with Gasteiger partial charge in [-0.1, -0.05) is 84.0 Å². The molecule has 0 radical (unpaired) electrons. The van der Waals surface area contributed by atoms with Crippen molar-refractivity contribution in [2.24, 2.45) is 0 Å². The molecule has 1 rings (SSSR count). The molecule has 0 bridgehead atoms. The number of nitrogens with zero attached hydrogens (tertiary/aromatic N) is 3. The van der Waals surface area contributed by atoms with Crippen molar-refractivity contribution in [2.75, 3.05) is 23.3 Å². The Labute approximate surface area is 147 Å². The minimum atomic E-state index is 0.162. The number of anilines is 3. The lowest BCUT2D eigenvalue weighted by molar-refractivity contribution is 0.541. The summed E-state index contributed by atoms with van der Waals surface area (Å²) in [6, 6.07) is 0. The fourth-order valence-electron chi connectivity index (χ4n) is 2.83. The second-order valence-corrected chi connectivity index (χ2v) is 6.54. The van der Waals surface area contributed by atoms with Crippen LogP contribution >= 0.6 is 0 Å². The highest BCUT2D eigenvalue weighted by Crippen LogP contribution is 2.12. The van der Waals surface area contributed by atoms with Crippen LogP contribution in [-0.4, -0.2) is 21.5 Å². The molecule has 0 amide bonds. The second-order valence-electron chi connectivity index (χ2n) is 6.54. The van der Waals surface area contributed by atoms with E-state index in [0.29, 0.717) is 5.95 Å². The molecule has 0 saturated heterocycles. The van der Waals surface area contributed by atoms with Gasteiger partial charge in [-0.25, -0.2) is 0 Å². The van der Waals surface area contributed by atoms with Crippen LogP contribution in [0, 0.1) is 0 Å². The van der Waals surface area contributed by atoms with Gasteiger partial charge in [0.25, 0.3) is 0 Å². The predicted molar refractivity (Wildman–Crippen MR) is 103 cm³/mol. The van der Waals surface area contributed by atoms with Crippen LogP contribution in [0.3, 0.4) is 0 Å². The van der Waals surface area contributed by atoms with Gasteiger partial charge in [0.05, 0.1) is 0 Å². The van der Waals surface area contributed by atoms with Gasteiger partial charge in [-0.2, -0.15) is 15.0 Å². The van der Waals surface area contributed by atoms with Crippen LogP contribution in [0.25, 0.3) is 0 Å². The average molecular weight is 337 g/mol. The van der Waals surface area contributed by atoms with Crippen molar-refractivity contribution in [3.05, 3.63) is 0 Å². The van der Waals surface area contributed by atoms with E-state index in [-0.39, 0.29) is 11.9 Å². The van der Waals surface area contributed by atoms with Crippen molar-refractivity contribution in [3.63, 3.8) is 0 Å². The molecule has 1 aromatic rings. The van der Waals surface area contributed by atoms with E-state index in [4.69, 9.17) is 11.5 Å². The van der Waals surface area contributed by atoms with E-state index in [1.165, 1.54) is 77.0 Å². The van der Waals surface area contributed by atoms with Gasteiger partial charge >= 0.3 is 0 Å². The average Bonchev–Trinajstić information content (AvgIpc) is 2.54. The Kier molecular flexibility index (Phi) is 11.8. The summed E-state index contributed by atoms with van der Waals surface area (Å²) in [6.07, 6.45) is 17.6. The van der Waals surface area contributed by atoms with Crippen molar-refractivity contribution >= 4 is 17.8 Å². The molecule has 6 nitrogen and oxygen atoms in total. The molecule has 138 valence electrons. The van der Waals surface area contributed by atoms with E-state index < -0.39 is 0 Å². The summed E-state index contributed by atoms with van der Waals surface area (Å²) in [7, 11) is 0. The highest BCUT2D eigenvalue weighted by molar-refractivity contribution is 5.36. The first kappa shape index (κ1) is 20.5. The largest absolute Gasteiger partial charge is 0.368 e. The van der Waals surface area contributed by atoms with Crippen molar-refractivity contribution < 1.29 is 0 Å². The molecule has 24 heavy (non-hydrogen) atoms. The van der Waals surface area contributed by atoms with Crippen LogP contribution in [0.4, 0.5) is 17.8 Å². The first-order valence-electron chi connectivity index (χ1n) is 9.73. The molecule has 6 heteroatoms. The molecule has 0 aliphatic carbocycles. The molecule has 0 aliphatic heterocycles. The Balaban J connectivity index is 1.84. The van der Waals surface area contributed by atoms with E-state index in [1.54, 1.807) is 0 Å². The van der Waals surface area contributed by atoms with Gasteiger partial charge in [-0.05, 0) is 6.42 Å². The highest BCUT2D eigenvalue weighted by Gasteiger charge is 2.00. The summed E-state index contributed by atoms with van der Waals surface area (Å²) >= 11 is 0. The monoisotopic (exact) mass is 336 g/mol. The third-order valence-electron chi connectivity index (χ3n) is 4.23. The van der Waals surface area contributed by atoms with E-state index in [2.05, 4.69) is 27.2 Å². The number of rotatable bonds is 15. The summed E-state index contributed by atoms with van der Waals surface area (Å²) in [5, 5.41) is 3.14. The SMILES string of the molecule is CCCCCCCCCCCCCCCNc1nc(N)nc(N)n1. The quantitative estimate of drug-likeness (QED) is 0.406. The summed E-state index contributed by atoms with van der Waals surface area (Å²) in [5.74, 6) is 0.796. The maximum Gasteiger partial charge on any atom is 0.229 e. The maximum atomic E-state index is 5.53. The zero-order valence-electron chi connectivity index (χ0n) is 15.4. The van der Waals surface area contributed by atoms with Crippen molar-refractivity contribution in [3.8, 4) is 0 Å². The molecule has 1 heterocycles. The van der Waals surface area contributed by atoms with E-state index in [9.17, 15) is 0 Å². The molecule has 0 fully saturated rings. The number of hydrogen-bond donors (Lipinski definition) is 3. The lowest BCUT2D eigenvalue weighted by Gasteiger charge is -2.06. The lowest BCUT2D eigenvalue weighted by Crippen LogP contribution is -2.10. The lowest BCUT2D eigenvalue weighted by atomic mass is 10.0. The normalized spacial score (nSPS) is 10.9. The van der Waals surface area contributed by atoms with E-state index in [0.717, 1.165) is 13.0 Å². The number of nitrogen functional groups attached to an aromatic ring is 2. The number of nitrogens with one attached hydrogen (secondary N) is 1. The Morgan fingerprint density at radius 1 is 0.625 bits per heavy atom. The predicted octanol–water partition coefficient (Wildman–Crippen LogP) is 4.54. The van der Waals surface area contributed by atoms with Crippen LogP contribution in [0.2, 0.25) is 0 Å². The Morgan fingerprint density at radius 3 is 1.50 bits per heavy atom. The molecule has 0 spiro atoms. The Bertz CT molecular complexity index is 404. The van der Waals surface area contributed by atoms with Crippen LogP contribution in [-0.2, 0) is 0 Å². The standard InChI is InChI=1S/C18H36N6/c1-2-3-4-5-6-7-8-9-10-11-12-13-14-15-21-18-23-16(19)22-17(20)24-18/h2-15H2,1H3,(H5,19,20,21,22,23,24). The van der Waals surface area contributed by atoms with E-state index >= 15 is 0 Å². The van der Waals surface area contributed by atoms with Gasteiger partial charge in [0.1, 0.15) is 0 Å². The molecule has 0 aliphatic rings. The molecular weight excluding hydrogens is 300 g/mol. The minimum absolute atomic E-state index is 0.162. The molecular formula is C18H36N6. The topological polar surface area (TPSA) is 103 Å². The highest BCUT2D eigenvalue weighted by atomic mass is 15.2. The fourth-order valence-corrected chi connectivity index (χ4v) is 2.83. The van der Waals surface area contributed by atoms with Crippen molar-refractivity contribution in [1.29, 1.82) is 0 Å². The summed E-state index contributed by atoms with van der Waals surface area (Å²) < 4.78 is 0. The molecule has 5 N–H and O–H groups in total. The van der Waals surface area contributed by atoms with Gasteiger partial charge in [-0.15, -0.1) is 0 Å². The summed E-state index contributed by atoms with van der Waals surface area (Å²) in [6.45, 7) is 3.12. The Morgan fingerprint density at radius 2 is 1.04 bits per heavy atom. The second kappa shape index (κ2) is 13.8. The van der Waals surface area contributed by atoms with Gasteiger partial charge < -0.3 is 16.8 Å². The number of unbranched alkanes of at least 4 members (excludes halogenated alkanes) is 12. The summed E-state index contributed by atoms with van der Waals surface area (Å²) in [5.41, 5.74) is 11.1. The zero-order valence-corrected chi connectivity index (χ0v) is 15.4. The van der Waals surface area contributed by atoms with Gasteiger partial charge in [0.15, 0.2) is 0 Å². The van der Waals surface area contributed by atoms with Gasteiger partial charge in [0, 0.05) is 6.54 Å². The molecule has 0 unspecified atom stereocenters. The van der Waals surface area contributed by atoms with Crippen molar-refractivity contribution in [1.82, 2.24) is 15.0 Å². The molecule has 0 saturated carbocycles. The van der Waals surface area contributed by atoms with E-state index in [1.807, 2.05) is 0 Å². The fraction of sp³-hybridized carbons (Fsp3) is 0.833. The third-order valence-corrected chi connectivity index (χ3v) is 4.23. The van der Waals surface area contributed by atoms with Crippen LogP contribution in [0.15, 0.2) is 0 Å². The number of aromatic nitrogens is 3. The number of hydrogen-bond acceptors (Lipinski definition) is 6. The minimum Gasteiger partial charge on any atom is -0.368 e. The Hall–Kier alpha value is -1.59. The van der Waals surface area contributed by atoms with Gasteiger partial charge in [0.2, 0.25) is 17.8 Å². The van der Waals surface area contributed by atoms with Crippen LogP contribution in [0.5, 0.6) is 0 Å². The van der Waals surface area contributed by atoms with Crippen LogP contribution in [0.1, 0.15) is 90.4 Å². The molecule has 0 atom stereocenters. The first-order chi connectivity index (χ1) is 11.7. The maximum absolute atomic E-state index is 5.53. The zero-order chi connectivity index (χ0) is 17.5. The first-order valence-corrected chi connectivity index (χ1v) is 9.73. The van der Waals surface area contributed by atoms with Crippen molar-refractivity contribution in [2.45, 2.75) is 90.4 Å². The smallest absolute Gasteiger partial charge is 0.229 e. The van der Waals surface area contributed by atoms with Gasteiger partial charge in [-0.3, -0.25) is 0 Å². The third kappa shape index (κ3) is 11.0. The number of nitrogens with two attached hydrogens (primary N) is 2. The summed E-state index contributed by atoms with van der Waals surface area (Å²) in [4.78, 5) is 11.7. The molecule has 0 aromatic carbocycles. The molecule has 1 aromatic heterocycles.